The van der Waals surface area contributed by atoms with Gasteiger partial charge in [0.15, 0.2) is 0 Å². The molecule has 4 rings (SSSR count). The lowest BCUT2D eigenvalue weighted by molar-refractivity contribution is -0.0217. The first kappa shape index (κ1) is 18.2. The highest BCUT2D eigenvalue weighted by molar-refractivity contribution is 6.38. The number of carboxylic acid groups (broad SMARTS) is 1. The minimum absolute atomic E-state index is 0.0513. The molecule has 0 amide bonds. The molecule has 9 heteroatoms. The Morgan fingerprint density at radius 2 is 2.11 bits per heavy atom. The summed E-state index contributed by atoms with van der Waals surface area (Å²) in [7, 11) is 0. The number of ether oxygens (including phenoxy) is 1. The van der Waals surface area contributed by atoms with Crippen LogP contribution in [0.4, 0.5) is 10.1 Å². The molecular formula is C18H19ClFN3O4. The van der Waals surface area contributed by atoms with E-state index in [0.29, 0.717) is 31.8 Å². The van der Waals surface area contributed by atoms with Crippen LogP contribution in [0.2, 0.25) is 5.02 Å². The van der Waals surface area contributed by atoms with Gasteiger partial charge in [-0.2, -0.15) is 0 Å². The van der Waals surface area contributed by atoms with Gasteiger partial charge < -0.3 is 25.0 Å². The second kappa shape index (κ2) is 6.47. The monoisotopic (exact) mass is 395 g/mol. The minimum Gasteiger partial charge on any atom is -0.477 e. The fraction of sp³-hybridized carbons (Fsp3) is 0.444. The topological polar surface area (TPSA) is 97.8 Å². The lowest BCUT2D eigenvalue weighted by Crippen LogP contribution is -2.33. The van der Waals surface area contributed by atoms with E-state index in [1.807, 2.05) is 6.92 Å². The number of aromatic carboxylic acids is 1. The molecule has 144 valence electrons. The number of carboxylic acids is 1. The third-order valence-electron chi connectivity index (χ3n) is 5.41. The van der Waals surface area contributed by atoms with Crippen LogP contribution in [0.1, 0.15) is 23.3 Å². The van der Waals surface area contributed by atoms with Crippen molar-refractivity contribution in [1.29, 1.82) is 0 Å². The normalized spacial score (nSPS) is 23.0. The number of pyridine rings is 1. The van der Waals surface area contributed by atoms with E-state index in [2.05, 4.69) is 0 Å². The molecule has 0 aliphatic carbocycles. The largest absolute Gasteiger partial charge is 0.477 e. The Labute approximate surface area is 159 Å². The molecule has 0 spiro atoms. The van der Waals surface area contributed by atoms with Gasteiger partial charge >= 0.3 is 5.97 Å². The zero-order valence-electron chi connectivity index (χ0n) is 14.6. The molecule has 0 radical (unpaired) electrons. The van der Waals surface area contributed by atoms with E-state index < -0.39 is 22.8 Å². The molecule has 2 fully saturated rings. The second-order valence-corrected chi connectivity index (χ2v) is 7.62. The van der Waals surface area contributed by atoms with E-state index in [1.54, 1.807) is 9.47 Å². The van der Waals surface area contributed by atoms with Crippen molar-refractivity contribution in [2.24, 2.45) is 11.7 Å². The number of rotatable bonds is 3. The lowest BCUT2D eigenvalue weighted by Gasteiger charge is -2.31. The van der Waals surface area contributed by atoms with Gasteiger partial charge in [0.1, 0.15) is 11.4 Å². The summed E-state index contributed by atoms with van der Waals surface area (Å²) in [5.74, 6) is -1.85. The molecule has 2 atom stereocenters. The lowest BCUT2D eigenvalue weighted by atomic mass is 10.1. The van der Waals surface area contributed by atoms with Gasteiger partial charge in [-0.1, -0.05) is 18.5 Å². The number of carbonyl (C=O) groups is 1. The van der Waals surface area contributed by atoms with Crippen LogP contribution < -0.4 is 16.1 Å². The average Bonchev–Trinajstić information content (AvgIpc) is 2.86. The van der Waals surface area contributed by atoms with Gasteiger partial charge in [0, 0.05) is 25.3 Å². The Morgan fingerprint density at radius 3 is 2.63 bits per heavy atom. The number of anilines is 1. The smallest absolute Gasteiger partial charge is 0.341 e. The van der Waals surface area contributed by atoms with Crippen molar-refractivity contribution in [2.75, 3.05) is 31.2 Å². The van der Waals surface area contributed by atoms with Crippen molar-refractivity contribution in [3.05, 3.63) is 38.9 Å². The van der Waals surface area contributed by atoms with Crippen molar-refractivity contribution < 1.29 is 19.0 Å². The van der Waals surface area contributed by atoms with E-state index in [1.165, 1.54) is 6.20 Å². The Hall–Kier alpha value is -2.16. The third-order valence-corrected chi connectivity index (χ3v) is 5.77. The van der Waals surface area contributed by atoms with Crippen LogP contribution in [0.15, 0.2) is 17.1 Å². The van der Waals surface area contributed by atoms with Crippen molar-refractivity contribution in [3.8, 4) is 0 Å². The predicted molar refractivity (Wildman–Crippen MR) is 99.3 cm³/mol. The van der Waals surface area contributed by atoms with Gasteiger partial charge in [-0.05, 0) is 12.0 Å². The number of aromatic nitrogens is 1. The Balaban J connectivity index is 2.00. The summed E-state index contributed by atoms with van der Waals surface area (Å²) in [6, 6.07) is 0.810. The van der Waals surface area contributed by atoms with E-state index in [4.69, 9.17) is 22.1 Å². The predicted octanol–water partition coefficient (Wildman–Crippen LogP) is 1.85. The standard InChI is InChI=1S/C18H19ClFN3O4/c1-8-3-22(5-13(8)21)16-12(20)2-10-15(14(16)19)23(9-6-27-7-9)4-11(17(10)24)18(25)26/h2,4,8-9,13H,3,5-7,21H2,1H3,(H,25,26)/t8-,13-/m0/s1. The first-order valence-electron chi connectivity index (χ1n) is 8.68. The number of hydrogen-bond donors (Lipinski definition) is 2. The van der Waals surface area contributed by atoms with Crippen LogP contribution in [0.3, 0.4) is 0 Å². The molecule has 7 nitrogen and oxygen atoms in total. The van der Waals surface area contributed by atoms with Gasteiger partial charge in [0.05, 0.1) is 40.9 Å². The van der Waals surface area contributed by atoms with Crippen LogP contribution in [-0.2, 0) is 4.74 Å². The summed E-state index contributed by atoms with van der Waals surface area (Å²) >= 11 is 6.59. The molecule has 2 aromatic rings. The van der Waals surface area contributed by atoms with Crippen LogP contribution in [0.5, 0.6) is 0 Å². The number of hydrogen-bond acceptors (Lipinski definition) is 5. The highest BCUT2D eigenvalue weighted by Gasteiger charge is 2.33. The highest BCUT2D eigenvalue weighted by atomic mass is 35.5. The van der Waals surface area contributed by atoms with Crippen molar-refractivity contribution in [1.82, 2.24) is 4.57 Å². The molecule has 27 heavy (non-hydrogen) atoms. The number of nitrogens with zero attached hydrogens (tertiary/aromatic N) is 2. The quantitative estimate of drug-likeness (QED) is 0.823. The number of nitrogens with two attached hydrogens (primary N) is 1. The maximum absolute atomic E-state index is 14.9. The van der Waals surface area contributed by atoms with Crippen LogP contribution in [0, 0.1) is 11.7 Å². The molecule has 2 saturated heterocycles. The number of benzene rings is 1. The molecule has 1 aromatic carbocycles. The van der Waals surface area contributed by atoms with Crippen molar-refractivity contribution >= 4 is 34.2 Å². The SMILES string of the molecule is C[C@H]1CN(c2c(F)cc3c(=O)c(C(=O)O)cn(C4COC4)c3c2Cl)C[C@@H]1N. The number of halogens is 2. The summed E-state index contributed by atoms with van der Waals surface area (Å²) in [5.41, 5.74) is 5.40. The van der Waals surface area contributed by atoms with E-state index >= 15 is 0 Å². The first-order valence-corrected chi connectivity index (χ1v) is 9.05. The van der Waals surface area contributed by atoms with Gasteiger partial charge in [-0.25, -0.2) is 9.18 Å². The zero-order valence-corrected chi connectivity index (χ0v) is 15.4. The van der Waals surface area contributed by atoms with Crippen LogP contribution >= 0.6 is 11.6 Å². The Bertz CT molecular complexity index is 994. The molecule has 2 aliphatic rings. The summed E-state index contributed by atoms with van der Waals surface area (Å²) in [6.45, 7) is 3.72. The van der Waals surface area contributed by atoms with Gasteiger partial charge in [-0.15, -0.1) is 0 Å². The van der Waals surface area contributed by atoms with Gasteiger partial charge in [-0.3, -0.25) is 4.79 Å². The first-order chi connectivity index (χ1) is 12.8. The second-order valence-electron chi connectivity index (χ2n) is 7.24. The molecule has 2 aliphatic heterocycles. The number of fused-ring (bicyclic) bond motifs is 1. The molecule has 0 unspecified atom stereocenters. The van der Waals surface area contributed by atoms with E-state index in [0.717, 1.165) is 6.07 Å². The van der Waals surface area contributed by atoms with Crippen LogP contribution in [-0.4, -0.2) is 48.0 Å². The summed E-state index contributed by atoms with van der Waals surface area (Å²) in [4.78, 5) is 25.9. The molecule has 0 bridgehead atoms. The van der Waals surface area contributed by atoms with E-state index in [-0.39, 0.29) is 34.1 Å². The maximum Gasteiger partial charge on any atom is 0.341 e. The van der Waals surface area contributed by atoms with Crippen LogP contribution in [0.25, 0.3) is 10.9 Å². The summed E-state index contributed by atoms with van der Waals surface area (Å²) in [5, 5.41) is 9.39. The molecule has 1 aromatic heterocycles. The Kier molecular flexibility index (Phi) is 4.37. The van der Waals surface area contributed by atoms with Gasteiger partial charge in [0.25, 0.3) is 0 Å². The maximum atomic E-state index is 14.9. The van der Waals surface area contributed by atoms with Crippen molar-refractivity contribution in [2.45, 2.75) is 19.0 Å². The third kappa shape index (κ3) is 2.79. The molecule has 0 saturated carbocycles. The fourth-order valence-electron chi connectivity index (χ4n) is 3.72. The zero-order chi connectivity index (χ0) is 19.5. The molecule has 3 heterocycles. The minimum atomic E-state index is -1.36. The fourth-order valence-corrected chi connectivity index (χ4v) is 4.13. The molecular weight excluding hydrogens is 377 g/mol. The average molecular weight is 396 g/mol. The summed E-state index contributed by atoms with van der Waals surface area (Å²) in [6.07, 6.45) is 1.27. The Morgan fingerprint density at radius 1 is 1.41 bits per heavy atom. The summed E-state index contributed by atoms with van der Waals surface area (Å²) < 4.78 is 21.8. The van der Waals surface area contributed by atoms with Gasteiger partial charge in [0.2, 0.25) is 5.43 Å². The van der Waals surface area contributed by atoms with Crippen molar-refractivity contribution in [3.63, 3.8) is 0 Å². The van der Waals surface area contributed by atoms with E-state index in [9.17, 15) is 19.1 Å². The highest BCUT2D eigenvalue weighted by Crippen LogP contribution is 2.39. The molecule has 3 N–H and O–H groups in total.